The highest BCUT2D eigenvalue weighted by molar-refractivity contribution is 5.82. The molecule has 0 spiro atoms. The van der Waals surface area contributed by atoms with Crippen LogP contribution in [0, 0.1) is 21.7 Å². The number of non-ortho nitro benzene ring substituents is 1. The molecule has 290 valence electrons. The van der Waals surface area contributed by atoms with Gasteiger partial charge in [0, 0.05) is 76.8 Å². The Labute approximate surface area is 333 Å². The van der Waals surface area contributed by atoms with Gasteiger partial charge in [-0.2, -0.15) is 0 Å². The fraction of sp³-hybridized carbons (Fsp3) is 0.111. The highest BCUT2D eigenvalue weighted by Gasteiger charge is 2.18. The number of imidazole rings is 2. The predicted molar refractivity (Wildman–Crippen MR) is 221 cm³/mol. The second-order valence-electron chi connectivity index (χ2n) is 13.4. The first-order valence-corrected chi connectivity index (χ1v) is 18.4. The number of nitro groups is 1. The van der Waals surface area contributed by atoms with Crippen LogP contribution in [0.3, 0.4) is 0 Å². The Morgan fingerprint density at radius 3 is 1.41 bits per heavy atom. The summed E-state index contributed by atoms with van der Waals surface area (Å²) in [4.78, 5) is 36.9. The largest absolute Gasteiger partial charge is 0.494 e. The van der Waals surface area contributed by atoms with Crippen LogP contribution in [-0.4, -0.2) is 67.0 Å². The molecule has 8 rings (SSSR count). The van der Waals surface area contributed by atoms with Gasteiger partial charge in [-0.15, -0.1) is 0 Å². The smallest absolute Gasteiger partial charge is 0.269 e. The molecule has 0 fully saturated rings. The first-order valence-electron chi connectivity index (χ1n) is 18.4. The molecule has 4 aromatic carbocycles. The summed E-state index contributed by atoms with van der Waals surface area (Å²) >= 11 is 0. The lowest BCUT2D eigenvalue weighted by atomic mass is 10.1. The summed E-state index contributed by atoms with van der Waals surface area (Å²) in [5.41, 5.74) is 8.18. The molecule has 0 amide bonds. The molecule has 4 aromatic heterocycles. The molecule has 0 aliphatic heterocycles. The minimum absolute atomic E-state index is 0.0124. The van der Waals surface area contributed by atoms with Crippen molar-refractivity contribution in [2.45, 2.75) is 6.42 Å². The second kappa shape index (κ2) is 18.0. The molecular formula is C45H38F2N8O3. The normalized spacial score (nSPS) is 10.9. The van der Waals surface area contributed by atoms with E-state index in [1.165, 1.54) is 36.4 Å². The topological polar surface area (TPSA) is 139 Å². The van der Waals surface area contributed by atoms with Crippen molar-refractivity contribution in [3.05, 3.63) is 168 Å². The summed E-state index contributed by atoms with van der Waals surface area (Å²) in [5, 5.41) is 10.9. The van der Waals surface area contributed by atoms with Gasteiger partial charge in [0.15, 0.2) is 0 Å². The minimum Gasteiger partial charge on any atom is -0.494 e. The SMILES string of the molecule is CN(C)CCCOc1ccc(-c2nc(-c3ccc(F)cc3)c(-c3ccncc3)[nH]2)cc1.O=[N+]([O-])c1ccc(-c2nc(-c3ccc(F)cc3)c(-c3ccncc3)[nH]2)cc1. The van der Waals surface area contributed by atoms with Crippen LogP contribution in [0.1, 0.15) is 6.42 Å². The van der Waals surface area contributed by atoms with E-state index in [4.69, 9.17) is 9.72 Å². The van der Waals surface area contributed by atoms with E-state index in [9.17, 15) is 18.9 Å². The van der Waals surface area contributed by atoms with Crippen molar-refractivity contribution in [2.24, 2.45) is 0 Å². The molecule has 0 saturated carbocycles. The van der Waals surface area contributed by atoms with Gasteiger partial charge < -0.3 is 19.6 Å². The van der Waals surface area contributed by atoms with E-state index in [1.807, 2.05) is 48.5 Å². The predicted octanol–water partition coefficient (Wildman–Crippen LogP) is 10.1. The Morgan fingerprint density at radius 2 is 1.00 bits per heavy atom. The van der Waals surface area contributed by atoms with E-state index in [0.29, 0.717) is 23.7 Å². The van der Waals surface area contributed by atoms with E-state index in [1.54, 1.807) is 61.2 Å². The third kappa shape index (κ3) is 9.52. The first-order chi connectivity index (χ1) is 28.2. The first kappa shape index (κ1) is 38.9. The molecule has 0 radical (unpaired) electrons. The highest BCUT2D eigenvalue weighted by atomic mass is 19.1. The number of hydrogen-bond acceptors (Lipinski definition) is 8. The van der Waals surface area contributed by atoms with Gasteiger partial charge in [0.05, 0.1) is 34.3 Å². The van der Waals surface area contributed by atoms with Gasteiger partial charge in [0.1, 0.15) is 29.0 Å². The van der Waals surface area contributed by atoms with Crippen molar-refractivity contribution in [2.75, 3.05) is 27.2 Å². The number of benzene rings is 4. The number of ether oxygens (including phenoxy) is 1. The summed E-state index contributed by atoms with van der Waals surface area (Å²) < 4.78 is 32.6. The zero-order chi connectivity index (χ0) is 40.4. The molecule has 8 aromatic rings. The highest BCUT2D eigenvalue weighted by Crippen LogP contribution is 2.35. The van der Waals surface area contributed by atoms with Crippen molar-refractivity contribution in [3.63, 3.8) is 0 Å². The van der Waals surface area contributed by atoms with Crippen LogP contribution in [-0.2, 0) is 0 Å². The van der Waals surface area contributed by atoms with Crippen molar-refractivity contribution in [1.29, 1.82) is 0 Å². The summed E-state index contributed by atoms with van der Waals surface area (Å²) in [7, 11) is 4.11. The van der Waals surface area contributed by atoms with Gasteiger partial charge in [-0.25, -0.2) is 18.7 Å². The minimum atomic E-state index is -0.446. The summed E-state index contributed by atoms with van der Waals surface area (Å²) in [6.45, 7) is 1.67. The van der Waals surface area contributed by atoms with Crippen LogP contribution >= 0.6 is 0 Å². The number of rotatable bonds is 12. The maximum Gasteiger partial charge on any atom is 0.269 e. The average molecular weight is 777 g/mol. The van der Waals surface area contributed by atoms with Crippen LogP contribution in [0.4, 0.5) is 14.5 Å². The number of nitrogens with one attached hydrogen (secondary N) is 2. The van der Waals surface area contributed by atoms with E-state index in [-0.39, 0.29) is 17.3 Å². The summed E-state index contributed by atoms with van der Waals surface area (Å²) in [5.74, 6) is 1.55. The molecule has 13 heteroatoms. The lowest BCUT2D eigenvalue weighted by Gasteiger charge is -2.10. The molecule has 0 aliphatic carbocycles. The van der Waals surface area contributed by atoms with E-state index in [2.05, 4.69) is 43.9 Å². The van der Waals surface area contributed by atoms with Crippen LogP contribution in [0.2, 0.25) is 0 Å². The molecule has 0 aliphatic rings. The molecule has 0 bridgehead atoms. The molecule has 4 heterocycles. The van der Waals surface area contributed by atoms with Crippen molar-refractivity contribution in [3.8, 4) is 73.6 Å². The third-order valence-electron chi connectivity index (χ3n) is 9.08. The number of aromatic amines is 2. The maximum absolute atomic E-state index is 13.4. The summed E-state index contributed by atoms with van der Waals surface area (Å²) in [6.07, 6.45) is 7.81. The van der Waals surface area contributed by atoms with Gasteiger partial charge in [0.25, 0.3) is 5.69 Å². The number of nitrogens with zero attached hydrogens (tertiary/aromatic N) is 6. The molecule has 0 unspecified atom stereocenters. The van der Waals surface area contributed by atoms with Crippen LogP contribution in [0.15, 0.2) is 146 Å². The Kier molecular flexibility index (Phi) is 12.1. The van der Waals surface area contributed by atoms with Gasteiger partial charge in [-0.1, -0.05) is 0 Å². The van der Waals surface area contributed by atoms with Gasteiger partial charge in [-0.05, 0) is 130 Å². The monoisotopic (exact) mass is 776 g/mol. The fourth-order valence-corrected chi connectivity index (χ4v) is 6.13. The fourth-order valence-electron chi connectivity index (χ4n) is 6.13. The zero-order valence-electron chi connectivity index (χ0n) is 31.6. The van der Waals surface area contributed by atoms with Crippen molar-refractivity contribution >= 4 is 5.69 Å². The third-order valence-corrected chi connectivity index (χ3v) is 9.08. The van der Waals surface area contributed by atoms with E-state index >= 15 is 0 Å². The number of aromatic nitrogens is 6. The molecule has 11 nitrogen and oxygen atoms in total. The van der Waals surface area contributed by atoms with Gasteiger partial charge in [0.2, 0.25) is 0 Å². The molecule has 58 heavy (non-hydrogen) atoms. The Bertz CT molecular complexity index is 2560. The Balaban J connectivity index is 0.000000178. The number of H-pyrrole nitrogens is 2. The quantitative estimate of drug-likeness (QED) is 0.0710. The standard InChI is InChI=1S/C25H25FN4O.C20H13FN4O2/c1-30(2)16-3-17-31-22-10-6-20(7-11-22)25-28-23(18-4-8-21(26)9-5-18)24(29-25)19-12-14-27-15-13-19;21-16-5-1-13(2-6-16)18-19(14-9-11-22-12-10-14)24-20(23-18)15-3-7-17(8-4-15)25(26)27/h4-15H,3,16-17H2,1-2H3,(H,28,29);1-12H,(H,23,24). The Hall–Kier alpha value is -7.38. The molecular weight excluding hydrogens is 739 g/mol. The van der Waals surface area contributed by atoms with Crippen LogP contribution in [0.5, 0.6) is 5.75 Å². The lowest BCUT2D eigenvalue weighted by Crippen LogP contribution is -2.15. The maximum atomic E-state index is 13.4. The van der Waals surface area contributed by atoms with Crippen molar-refractivity contribution in [1.82, 2.24) is 34.8 Å². The van der Waals surface area contributed by atoms with Crippen LogP contribution < -0.4 is 4.74 Å². The Morgan fingerprint density at radius 1 is 0.586 bits per heavy atom. The molecule has 0 saturated heterocycles. The van der Waals surface area contributed by atoms with E-state index < -0.39 is 4.92 Å². The average Bonchev–Trinajstić information content (AvgIpc) is 3.91. The van der Waals surface area contributed by atoms with Crippen LogP contribution in [0.25, 0.3) is 67.8 Å². The number of hydrogen-bond donors (Lipinski definition) is 2. The van der Waals surface area contributed by atoms with Crippen molar-refractivity contribution < 1.29 is 18.4 Å². The number of halogens is 2. The number of nitro benzene ring substituents is 1. The molecule has 0 atom stereocenters. The van der Waals surface area contributed by atoms with Gasteiger partial charge >= 0.3 is 0 Å². The van der Waals surface area contributed by atoms with E-state index in [0.717, 1.165) is 69.4 Å². The second-order valence-corrected chi connectivity index (χ2v) is 13.4. The number of pyridine rings is 2. The van der Waals surface area contributed by atoms with Gasteiger partial charge in [-0.3, -0.25) is 20.1 Å². The molecule has 2 N–H and O–H groups in total. The summed E-state index contributed by atoms with van der Waals surface area (Å²) in [6, 6.07) is 34.0. The zero-order valence-corrected chi connectivity index (χ0v) is 31.6. The lowest BCUT2D eigenvalue weighted by molar-refractivity contribution is -0.384.